The van der Waals surface area contributed by atoms with Crippen molar-refractivity contribution in [3.8, 4) is 22.6 Å². The molecule has 1 N–H and O–H groups in total. The highest BCUT2D eigenvalue weighted by atomic mass is 16.3. The Labute approximate surface area is 184 Å². The van der Waals surface area contributed by atoms with Crippen LogP contribution in [0.5, 0.6) is 5.75 Å². The van der Waals surface area contributed by atoms with Gasteiger partial charge in [0.2, 0.25) is 0 Å². The molecule has 32 heavy (non-hydrogen) atoms. The normalized spacial score (nSPS) is 11.4. The van der Waals surface area contributed by atoms with Crippen molar-refractivity contribution < 1.29 is 5.11 Å². The average Bonchev–Trinajstić information content (AvgIpc) is 2.84. The van der Waals surface area contributed by atoms with Crippen molar-refractivity contribution in [1.82, 2.24) is 4.57 Å². The summed E-state index contributed by atoms with van der Waals surface area (Å²) >= 11 is 0. The van der Waals surface area contributed by atoms with Crippen LogP contribution in [0.25, 0.3) is 49.3 Å². The second-order valence-corrected chi connectivity index (χ2v) is 7.94. The first kappa shape index (κ1) is 18.4. The van der Waals surface area contributed by atoms with Crippen LogP contribution >= 0.6 is 0 Å². The van der Waals surface area contributed by atoms with Crippen molar-refractivity contribution in [2.24, 2.45) is 0 Å². The summed E-state index contributed by atoms with van der Waals surface area (Å²) in [5.74, 6) is 0.0186. The fourth-order valence-electron chi connectivity index (χ4n) is 4.58. The number of benzene rings is 5. The Morgan fingerprint density at radius 1 is 0.625 bits per heavy atom. The summed E-state index contributed by atoms with van der Waals surface area (Å²) in [7, 11) is 0. The molecule has 0 aliphatic carbocycles. The number of aromatic nitrogens is 1. The predicted octanol–water partition coefficient (Wildman–Crippen LogP) is 6.67. The van der Waals surface area contributed by atoms with E-state index in [1.807, 2.05) is 103 Å². The van der Waals surface area contributed by atoms with Crippen LogP contribution in [0.1, 0.15) is 0 Å². The molecule has 6 rings (SSSR count). The summed E-state index contributed by atoms with van der Waals surface area (Å²) in [4.78, 5) is 13.9. The van der Waals surface area contributed by atoms with Gasteiger partial charge in [-0.3, -0.25) is 9.36 Å². The summed E-state index contributed by atoms with van der Waals surface area (Å²) in [5, 5.41) is 16.2. The Morgan fingerprint density at radius 3 is 2.09 bits per heavy atom. The van der Waals surface area contributed by atoms with Gasteiger partial charge in [-0.15, -0.1) is 0 Å². The molecule has 0 aliphatic rings. The van der Waals surface area contributed by atoms with Gasteiger partial charge in [0.25, 0.3) is 5.56 Å². The molecule has 0 unspecified atom stereocenters. The van der Waals surface area contributed by atoms with Crippen LogP contribution in [-0.2, 0) is 0 Å². The highest BCUT2D eigenvalue weighted by molar-refractivity contribution is 6.11. The number of nitrogens with zero attached hydrogens (tertiary/aromatic N) is 1. The summed E-state index contributed by atoms with van der Waals surface area (Å²) in [5.41, 5.74) is 2.21. The maximum atomic E-state index is 13.9. The first-order chi connectivity index (χ1) is 15.7. The number of fused-ring (bicyclic) bond motifs is 4. The van der Waals surface area contributed by atoms with Crippen LogP contribution in [0.3, 0.4) is 0 Å². The maximum absolute atomic E-state index is 13.9. The Kier molecular flexibility index (Phi) is 4.08. The molecular weight excluding hydrogens is 394 g/mol. The Morgan fingerprint density at radius 2 is 1.28 bits per heavy atom. The number of hydrogen-bond acceptors (Lipinski definition) is 2. The van der Waals surface area contributed by atoms with Gasteiger partial charge in [0.15, 0.2) is 0 Å². The first-order valence-corrected chi connectivity index (χ1v) is 10.6. The van der Waals surface area contributed by atoms with E-state index in [2.05, 4.69) is 6.07 Å². The van der Waals surface area contributed by atoms with Crippen molar-refractivity contribution >= 4 is 32.4 Å². The van der Waals surface area contributed by atoms with E-state index in [1.54, 1.807) is 4.57 Å². The molecule has 0 atom stereocenters. The Hall–Kier alpha value is -4.37. The van der Waals surface area contributed by atoms with Gasteiger partial charge in [0, 0.05) is 11.1 Å². The lowest BCUT2D eigenvalue weighted by Crippen LogP contribution is -2.21. The fourth-order valence-corrected chi connectivity index (χ4v) is 4.58. The van der Waals surface area contributed by atoms with Gasteiger partial charge in [0.05, 0.1) is 11.1 Å². The van der Waals surface area contributed by atoms with E-state index >= 15 is 0 Å². The monoisotopic (exact) mass is 413 g/mol. The molecule has 152 valence electrons. The van der Waals surface area contributed by atoms with Gasteiger partial charge in [-0.1, -0.05) is 91.0 Å². The lowest BCUT2D eigenvalue weighted by molar-refractivity contribution is 0.482. The molecule has 0 spiro atoms. The Balaban J connectivity index is 1.82. The molecular formula is C29H19NO2. The summed E-state index contributed by atoms with van der Waals surface area (Å²) in [6.07, 6.45) is 0. The van der Waals surface area contributed by atoms with Gasteiger partial charge in [-0.05, 0) is 45.3 Å². The van der Waals surface area contributed by atoms with E-state index in [4.69, 9.17) is 0 Å². The SMILES string of the molecule is O=c1c(-c2ccccc2)c(O)c2c3ccccc3ccc2n1-c1ccc2ccccc2c1. The van der Waals surface area contributed by atoms with E-state index in [1.165, 1.54) is 0 Å². The molecule has 0 radical (unpaired) electrons. The Bertz CT molecular complexity index is 1700. The lowest BCUT2D eigenvalue weighted by Gasteiger charge is -2.17. The minimum Gasteiger partial charge on any atom is -0.506 e. The quantitative estimate of drug-likeness (QED) is 0.322. The molecule has 1 aromatic heterocycles. The second-order valence-electron chi connectivity index (χ2n) is 7.94. The van der Waals surface area contributed by atoms with E-state index in [-0.39, 0.29) is 11.3 Å². The highest BCUT2D eigenvalue weighted by Gasteiger charge is 2.20. The zero-order valence-corrected chi connectivity index (χ0v) is 17.2. The van der Waals surface area contributed by atoms with Crippen LogP contribution in [0.2, 0.25) is 0 Å². The van der Waals surface area contributed by atoms with Gasteiger partial charge in [-0.25, -0.2) is 0 Å². The third kappa shape index (κ3) is 2.72. The van der Waals surface area contributed by atoms with Crippen LogP contribution in [0.4, 0.5) is 0 Å². The van der Waals surface area contributed by atoms with Gasteiger partial charge < -0.3 is 5.11 Å². The third-order valence-corrected chi connectivity index (χ3v) is 6.09. The van der Waals surface area contributed by atoms with Crippen molar-refractivity contribution in [2.45, 2.75) is 0 Å². The van der Waals surface area contributed by atoms with E-state index in [0.717, 1.165) is 27.2 Å². The van der Waals surface area contributed by atoms with Crippen molar-refractivity contribution in [3.63, 3.8) is 0 Å². The largest absolute Gasteiger partial charge is 0.506 e. The maximum Gasteiger partial charge on any atom is 0.267 e. The van der Waals surface area contributed by atoms with Crippen LogP contribution in [0.15, 0.2) is 114 Å². The predicted molar refractivity (Wildman–Crippen MR) is 132 cm³/mol. The summed E-state index contributed by atoms with van der Waals surface area (Å²) in [6, 6.07) is 35.3. The fraction of sp³-hybridized carbons (Fsp3) is 0. The molecule has 3 heteroatoms. The van der Waals surface area contributed by atoms with Crippen LogP contribution in [-0.4, -0.2) is 9.67 Å². The molecule has 0 amide bonds. The van der Waals surface area contributed by atoms with Gasteiger partial charge in [0.1, 0.15) is 5.75 Å². The highest BCUT2D eigenvalue weighted by Crippen LogP contribution is 2.38. The van der Waals surface area contributed by atoms with Crippen molar-refractivity contribution in [3.05, 3.63) is 120 Å². The smallest absolute Gasteiger partial charge is 0.267 e. The molecule has 0 saturated carbocycles. The third-order valence-electron chi connectivity index (χ3n) is 6.09. The molecule has 0 saturated heterocycles. The van der Waals surface area contributed by atoms with Crippen molar-refractivity contribution in [1.29, 1.82) is 0 Å². The molecule has 0 aliphatic heterocycles. The first-order valence-electron chi connectivity index (χ1n) is 10.6. The van der Waals surface area contributed by atoms with Gasteiger partial charge >= 0.3 is 0 Å². The van der Waals surface area contributed by atoms with Crippen LogP contribution in [0, 0.1) is 0 Å². The van der Waals surface area contributed by atoms with Gasteiger partial charge in [-0.2, -0.15) is 0 Å². The number of hydrogen-bond donors (Lipinski definition) is 1. The molecule has 0 bridgehead atoms. The number of rotatable bonds is 2. The minimum atomic E-state index is -0.244. The second kappa shape index (κ2) is 7.10. The van der Waals surface area contributed by atoms with E-state index < -0.39 is 0 Å². The minimum absolute atomic E-state index is 0.0186. The molecule has 6 aromatic rings. The topological polar surface area (TPSA) is 42.2 Å². The van der Waals surface area contributed by atoms with E-state index in [9.17, 15) is 9.90 Å². The molecule has 3 nitrogen and oxygen atoms in total. The van der Waals surface area contributed by atoms with E-state index in [0.29, 0.717) is 22.0 Å². The van der Waals surface area contributed by atoms with Crippen LogP contribution < -0.4 is 5.56 Å². The van der Waals surface area contributed by atoms with Crippen molar-refractivity contribution in [2.75, 3.05) is 0 Å². The summed E-state index contributed by atoms with van der Waals surface area (Å²) < 4.78 is 1.72. The zero-order valence-electron chi connectivity index (χ0n) is 17.2. The molecule has 0 fully saturated rings. The molecule has 1 heterocycles. The number of aromatic hydroxyl groups is 1. The average molecular weight is 413 g/mol. The lowest BCUT2D eigenvalue weighted by atomic mass is 9.98. The zero-order chi connectivity index (χ0) is 21.7. The molecule has 5 aromatic carbocycles. The summed E-state index contributed by atoms with van der Waals surface area (Å²) in [6.45, 7) is 0. The number of pyridine rings is 1. The standard InChI is InChI=1S/C29H19NO2/c31-28-26(21-10-2-1-3-11-21)29(32)30(23-16-14-19-8-4-5-12-22(19)18-23)25-17-15-20-9-6-7-13-24(20)27(25)28/h1-18,31H.